The highest BCUT2D eigenvalue weighted by atomic mass is 16.5. The molecule has 1 saturated heterocycles. The number of morpholine rings is 1. The van der Waals surface area contributed by atoms with Gasteiger partial charge in [-0.1, -0.05) is 0 Å². The second-order valence-corrected chi connectivity index (χ2v) is 4.75. The number of rotatable bonds is 4. The summed E-state index contributed by atoms with van der Waals surface area (Å²) in [5.41, 5.74) is 5.76. The first-order valence-corrected chi connectivity index (χ1v) is 6.65. The van der Waals surface area contributed by atoms with Crippen molar-refractivity contribution in [3.8, 4) is 5.75 Å². The molecule has 0 spiro atoms. The average Bonchev–Trinajstić information content (AvgIpc) is 2.47. The first kappa shape index (κ1) is 15.1. The van der Waals surface area contributed by atoms with E-state index in [-0.39, 0.29) is 17.2 Å². The minimum absolute atomic E-state index is 0.00880. The molecule has 3 N–H and O–H groups in total. The fourth-order valence-corrected chi connectivity index (χ4v) is 2.10. The summed E-state index contributed by atoms with van der Waals surface area (Å²) >= 11 is 0. The lowest BCUT2D eigenvalue weighted by atomic mass is 10.2. The van der Waals surface area contributed by atoms with E-state index in [1.807, 2.05) is 0 Å². The van der Waals surface area contributed by atoms with Crippen molar-refractivity contribution in [1.29, 1.82) is 0 Å². The number of aromatic carboxylic acids is 1. The summed E-state index contributed by atoms with van der Waals surface area (Å²) in [7, 11) is 0. The molecule has 0 radical (unpaired) electrons. The molecule has 114 valence electrons. The number of amides is 1. The van der Waals surface area contributed by atoms with Crippen LogP contribution in [-0.4, -0.2) is 54.3 Å². The Morgan fingerprint density at radius 2 is 2.05 bits per heavy atom. The molecule has 1 aliphatic heterocycles. The lowest BCUT2D eigenvalue weighted by Gasteiger charge is -2.29. The molecule has 1 fully saturated rings. The lowest BCUT2D eigenvalue weighted by molar-refractivity contribution is -0.142. The van der Waals surface area contributed by atoms with Crippen molar-refractivity contribution in [2.45, 2.75) is 13.0 Å². The highest BCUT2D eigenvalue weighted by Crippen LogP contribution is 2.21. The summed E-state index contributed by atoms with van der Waals surface area (Å²) < 4.78 is 10.7. The maximum atomic E-state index is 12.2. The number of ether oxygens (including phenoxy) is 2. The van der Waals surface area contributed by atoms with Gasteiger partial charge in [-0.25, -0.2) is 4.79 Å². The smallest absolute Gasteiger partial charge is 0.337 e. The predicted molar refractivity (Wildman–Crippen MR) is 75.3 cm³/mol. The zero-order valence-electron chi connectivity index (χ0n) is 11.7. The fraction of sp³-hybridized carbons (Fsp3) is 0.429. The molecule has 21 heavy (non-hydrogen) atoms. The monoisotopic (exact) mass is 294 g/mol. The molecule has 0 aliphatic carbocycles. The van der Waals surface area contributed by atoms with Gasteiger partial charge in [-0.15, -0.1) is 0 Å². The van der Waals surface area contributed by atoms with E-state index in [0.717, 1.165) is 0 Å². The Bertz CT molecular complexity index is 540. The van der Waals surface area contributed by atoms with Crippen LogP contribution in [0.25, 0.3) is 0 Å². The molecular weight excluding hydrogens is 276 g/mol. The molecule has 2 rings (SSSR count). The van der Waals surface area contributed by atoms with Gasteiger partial charge in [0.15, 0.2) is 6.10 Å². The summed E-state index contributed by atoms with van der Waals surface area (Å²) in [5.74, 6) is -0.859. The Labute approximate surface area is 122 Å². The summed E-state index contributed by atoms with van der Waals surface area (Å²) in [6, 6.07) is 4.26. The van der Waals surface area contributed by atoms with Gasteiger partial charge in [0, 0.05) is 24.8 Å². The number of nitrogen functional groups attached to an aromatic ring is 1. The fourth-order valence-electron chi connectivity index (χ4n) is 2.10. The standard InChI is InChI=1S/C14H18N2O5/c1-9(13(17)16-4-6-20-7-5-16)21-10-2-3-11(14(18)19)12(15)8-10/h2-3,8-9H,4-7,15H2,1H3,(H,18,19). The third-order valence-electron chi connectivity index (χ3n) is 3.24. The quantitative estimate of drug-likeness (QED) is 0.788. The number of nitrogens with zero attached hydrogens (tertiary/aromatic N) is 1. The minimum atomic E-state index is -1.10. The number of hydrogen-bond acceptors (Lipinski definition) is 5. The van der Waals surface area contributed by atoms with Crippen molar-refractivity contribution in [1.82, 2.24) is 4.90 Å². The molecular formula is C14H18N2O5. The zero-order valence-corrected chi connectivity index (χ0v) is 11.7. The van der Waals surface area contributed by atoms with Crippen molar-refractivity contribution >= 4 is 17.6 Å². The minimum Gasteiger partial charge on any atom is -0.481 e. The van der Waals surface area contributed by atoms with Gasteiger partial charge in [0.25, 0.3) is 5.91 Å². The van der Waals surface area contributed by atoms with E-state index in [4.69, 9.17) is 20.3 Å². The summed E-state index contributed by atoms with van der Waals surface area (Å²) in [5, 5.41) is 8.90. The lowest BCUT2D eigenvalue weighted by Crippen LogP contribution is -2.46. The molecule has 1 unspecified atom stereocenters. The molecule has 1 aromatic carbocycles. The predicted octanol–water partition coefficient (Wildman–Crippen LogP) is 0.593. The van der Waals surface area contributed by atoms with Gasteiger partial charge in [-0.05, 0) is 19.1 Å². The van der Waals surface area contributed by atoms with E-state index in [0.29, 0.717) is 32.1 Å². The number of carboxylic acid groups (broad SMARTS) is 1. The largest absolute Gasteiger partial charge is 0.481 e. The highest BCUT2D eigenvalue weighted by Gasteiger charge is 2.24. The average molecular weight is 294 g/mol. The number of carboxylic acids is 1. The molecule has 1 heterocycles. The maximum Gasteiger partial charge on any atom is 0.337 e. The van der Waals surface area contributed by atoms with Crippen LogP contribution >= 0.6 is 0 Å². The van der Waals surface area contributed by atoms with Crippen LogP contribution in [0.5, 0.6) is 5.75 Å². The van der Waals surface area contributed by atoms with E-state index in [9.17, 15) is 9.59 Å². The van der Waals surface area contributed by atoms with Crippen molar-refractivity contribution in [3.05, 3.63) is 23.8 Å². The van der Waals surface area contributed by atoms with Crippen LogP contribution < -0.4 is 10.5 Å². The Balaban J connectivity index is 2.01. The number of carbonyl (C=O) groups is 2. The van der Waals surface area contributed by atoms with Crippen molar-refractivity contribution in [2.75, 3.05) is 32.0 Å². The second kappa shape index (κ2) is 6.45. The van der Waals surface area contributed by atoms with Crippen molar-refractivity contribution < 1.29 is 24.2 Å². The first-order chi connectivity index (χ1) is 9.99. The van der Waals surface area contributed by atoms with Crippen LogP contribution in [0.3, 0.4) is 0 Å². The first-order valence-electron chi connectivity index (χ1n) is 6.65. The van der Waals surface area contributed by atoms with Crippen LogP contribution in [0.2, 0.25) is 0 Å². The molecule has 1 amide bonds. The van der Waals surface area contributed by atoms with Crippen LogP contribution in [-0.2, 0) is 9.53 Å². The van der Waals surface area contributed by atoms with Gasteiger partial charge in [0.1, 0.15) is 5.75 Å². The number of anilines is 1. The van der Waals surface area contributed by atoms with Crippen LogP contribution in [0.1, 0.15) is 17.3 Å². The van der Waals surface area contributed by atoms with Gasteiger partial charge < -0.3 is 25.2 Å². The van der Waals surface area contributed by atoms with Gasteiger partial charge in [-0.3, -0.25) is 4.79 Å². The van der Waals surface area contributed by atoms with Gasteiger partial charge in [-0.2, -0.15) is 0 Å². The highest BCUT2D eigenvalue weighted by molar-refractivity contribution is 5.93. The van der Waals surface area contributed by atoms with E-state index in [2.05, 4.69) is 0 Å². The molecule has 7 heteroatoms. The molecule has 1 aliphatic rings. The third kappa shape index (κ3) is 3.63. The van der Waals surface area contributed by atoms with Crippen LogP contribution in [0.4, 0.5) is 5.69 Å². The topological polar surface area (TPSA) is 102 Å². The molecule has 7 nitrogen and oxygen atoms in total. The number of hydrogen-bond donors (Lipinski definition) is 2. The van der Waals surface area contributed by atoms with Crippen LogP contribution in [0, 0.1) is 0 Å². The molecule has 1 aromatic rings. The summed E-state index contributed by atoms with van der Waals surface area (Å²) in [6.45, 7) is 3.80. The molecule has 0 aromatic heterocycles. The Kier molecular flexibility index (Phi) is 4.64. The van der Waals surface area contributed by atoms with Gasteiger partial charge in [0.2, 0.25) is 0 Å². The number of carbonyl (C=O) groups excluding carboxylic acids is 1. The van der Waals surface area contributed by atoms with E-state index < -0.39 is 12.1 Å². The number of benzene rings is 1. The SMILES string of the molecule is CC(Oc1ccc(C(=O)O)c(N)c1)C(=O)N1CCOCC1. The maximum absolute atomic E-state index is 12.2. The van der Waals surface area contributed by atoms with Gasteiger partial charge in [0.05, 0.1) is 18.8 Å². The zero-order chi connectivity index (χ0) is 15.4. The summed E-state index contributed by atoms with van der Waals surface area (Å²) in [4.78, 5) is 24.7. The number of nitrogens with two attached hydrogens (primary N) is 1. The Hall–Kier alpha value is -2.28. The second-order valence-electron chi connectivity index (χ2n) is 4.75. The molecule has 0 bridgehead atoms. The van der Waals surface area contributed by atoms with Gasteiger partial charge >= 0.3 is 5.97 Å². The van der Waals surface area contributed by atoms with E-state index >= 15 is 0 Å². The van der Waals surface area contributed by atoms with Crippen molar-refractivity contribution in [2.24, 2.45) is 0 Å². The van der Waals surface area contributed by atoms with E-state index in [1.54, 1.807) is 11.8 Å². The van der Waals surface area contributed by atoms with Crippen LogP contribution in [0.15, 0.2) is 18.2 Å². The van der Waals surface area contributed by atoms with Crippen molar-refractivity contribution in [3.63, 3.8) is 0 Å². The molecule has 1 atom stereocenters. The molecule has 0 saturated carbocycles. The third-order valence-corrected chi connectivity index (χ3v) is 3.24. The normalized spacial score (nSPS) is 16.3. The summed E-state index contributed by atoms with van der Waals surface area (Å²) in [6.07, 6.45) is -0.668. The Morgan fingerprint density at radius 3 is 2.62 bits per heavy atom. The Morgan fingerprint density at radius 1 is 1.38 bits per heavy atom. The van der Waals surface area contributed by atoms with E-state index in [1.165, 1.54) is 18.2 Å².